The van der Waals surface area contributed by atoms with Gasteiger partial charge in [-0.2, -0.15) is 0 Å². The molecule has 94 valence electrons. The van der Waals surface area contributed by atoms with Crippen LogP contribution in [-0.4, -0.2) is 11.6 Å². The second-order valence-electron chi connectivity index (χ2n) is 4.17. The molecule has 0 saturated heterocycles. The predicted octanol–water partition coefficient (Wildman–Crippen LogP) is 2.72. The largest absolute Gasteiger partial charge is 0.494 e. The van der Waals surface area contributed by atoms with Crippen LogP contribution in [0.3, 0.4) is 0 Å². The second kappa shape index (κ2) is 6.17. The average Bonchev–Trinajstić information content (AvgIpc) is 2.42. The Bertz CT molecular complexity index is 468. The Kier molecular flexibility index (Phi) is 4.31. The minimum atomic E-state index is 0.00550. The van der Waals surface area contributed by atoms with Crippen LogP contribution in [-0.2, 0) is 6.42 Å². The average molecular weight is 242 g/mol. The monoisotopic (exact) mass is 242 g/mol. The molecule has 0 radical (unpaired) electrons. The summed E-state index contributed by atoms with van der Waals surface area (Å²) in [5, 5.41) is 0. The van der Waals surface area contributed by atoms with Crippen molar-refractivity contribution in [2.75, 3.05) is 6.61 Å². The van der Waals surface area contributed by atoms with Gasteiger partial charge in [-0.05, 0) is 48.7 Å². The van der Waals surface area contributed by atoms with Crippen LogP contribution in [0.5, 0.6) is 5.75 Å². The lowest BCUT2D eigenvalue weighted by Gasteiger charge is -2.12. The molecule has 0 aliphatic rings. The lowest BCUT2D eigenvalue weighted by molar-refractivity contribution is 0.340. The number of nitrogens with zero attached hydrogens (tertiary/aromatic N) is 1. The van der Waals surface area contributed by atoms with E-state index in [1.165, 1.54) is 5.56 Å². The van der Waals surface area contributed by atoms with Crippen LogP contribution in [0.2, 0.25) is 0 Å². The number of ether oxygens (including phenoxy) is 1. The van der Waals surface area contributed by atoms with Crippen molar-refractivity contribution in [1.82, 2.24) is 4.98 Å². The summed E-state index contributed by atoms with van der Waals surface area (Å²) in [7, 11) is 0. The fraction of sp³-hybridized carbons (Fsp3) is 0.267. The summed E-state index contributed by atoms with van der Waals surface area (Å²) >= 11 is 0. The Morgan fingerprint density at radius 2 is 1.78 bits per heavy atom. The summed E-state index contributed by atoms with van der Waals surface area (Å²) in [6.07, 6.45) is 4.36. The topological polar surface area (TPSA) is 48.1 Å². The summed E-state index contributed by atoms with van der Waals surface area (Å²) in [5.74, 6) is 0.902. The number of nitrogens with two attached hydrogens (primary N) is 1. The maximum atomic E-state index is 6.16. The molecule has 2 N–H and O–H groups in total. The molecule has 1 unspecified atom stereocenters. The Balaban J connectivity index is 2.01. The van der Waals surface area contributed by atoms with Crippen molar-refractivity contribution in [3.8, 4) is 5.75 Å². The summed E-state index contributed by atoms with van der Waals surface area (Å²) < 4.78 is 5.41. The molecule has 0 aliphatic heterocycles. The Labute approximate surface area is 108 Å². The minimum absolute atomic E-state index is 0.00550. The first-order valence-electron chi connectivity index (χ1n) is 6.17. The number of hydrogen-bond acceptors (Lipinski definition) is 3. The number of hydrogen-bond donors (Lipinski definition) is 1. The Hall–Kier alpha value is -1.87. The quantitative estimate of drug-likeness (QED) is 0.877. The van der Waals surface area contributed by atoms with Gasteiger partial charge in [0.05, 0.1) is 6.61 Å². The standard InChI is InChI=1S/C15H18N2O/c1-2-18-14-5-3-12(4-6-14)11-15(16)13-7-9-17-10-8-13/h3-10,15H,2,11,16H2,1H3. The van der Waals surface area contributed by atoms with Crippen molar-refractivity contribution in [2.24, 2.45) is 5.73 Å². The molecule has 1 atom stereocenters. The third-order valence-electron chi connectivity index (χ3n) is 2.82. The fourth-order valence-electron chi connectivity index (χ4n) is 1.87. The van der Waals surface area contributed by atoms with Crippen LogP contribution in [0, 0.1) is 0 Å². The molecule has 3 nitrogen and oxygen atoms in total. The lowest BCUT2D eigenvalue weighted by Crippen LogP contribution is -2.13. The molecule has 0 aliphatic carbocycles. The molecule has 1 aromatic heterocycles. The summed E-state index contributed by atoms with van der Waals surface area (Å²) in [4.78, 5) is 3.99. The third kappa shape index (κ3) is 3.31. The molecule has 0 spiro atoms. The van der Waals surface area contributed by atoms with Gasteiger partial charge in [-0.15, -0.1) is 0 Å². The Morgan fingerprint density at radius 1 is 1.11 bits per heavy atom. The zero-order chi connectivity index (χ0) is 12.8. The van der Waals surface area contributed by atoms with Crippen molar-refractivity contribution < 1.29 is 4.74 Å². The van der Waals surface area contributed by atoms with Gasteiger partial charge in [0.15, 0.2) is 0 Å². The van der Waals surface area contributed by atoms with Crippen LogP contribution in [0.4, 0.5) is 0 Å². The van der Waals surface area contributed by atoms with E-state index in [1.54, 1.807) is 12.4 Å². The van der Waals surface area contributed by atoms with Crippen LogP contribution in [0.1, 0.15) is 24.1 Å². The van der Waals surface area contributed by atoms with Crippen molar-refractivity contribution in [3.63, 3.8) is 0 Å². The number of pyridine rings is 1. The van der Waals surface area contributed by atoms with Crippen molar-refractivity contribution in [2.45, 2.75) is 19.4 Å². The van der Waals surface area contributed by atoms with Crippen LogP contribution in [0.15, 0.2) is 48.8 Å². The van der Waals surface area contributed by atoms with E-state index in [1.807, 2.05) is 31.2 Å². The molecule has 3 heteroatoms. The van der Waals surface area contributed by atoms with Gasteiger partial charge in [0.25, 0.3) is 0 Å². The molecular formula is C15H18N2O. The summed E-state index contributed by atoms with van der Waals surface area (Å²) in [6.45, 7) is 2.67. The first-order valence-corrected chi connectivity index (χ1v) is 6.17. The van der Waals surface area contributed by atoms with Crippen molar-refractivity contribution in [3.05, 3.63) is 59.9 Å². The van der Waals surface area contributed by atoms with E-state index in [4.69, 9.17) is 10.5 Å². The maximum absolute atomic E-state index is 6.16. The van der Waals surface area contributed by atoms with E-state index in [2.05, 4.69) is 17.1 Å². The van der Waals surface area contributed by atoms with Crippen LogP contribution < -0.4 is 10.5 Å². The highest BCUT2D eigenvalue weighted by molar-refractivity contribution is 5.29. The molecule has 2 rings (SSSR count). The van der Waals surface area contributed by atoms with Gasteiger partial charge in [-0.3, -0.25) is 4.98 Å². The van der Waals surface area contributed by atoms with Gasteiger partial charge in [0.2, 0.25) is 0 Å². The Morgan fingerprint density at radius 3 is 2.39 bits per heavy atom. The maximum Gasteiger partial charge on any atom is 0.119 e. The van der Waals surface area contributed by atoms with E-state index < -0.39 is 0 Å². The molecule has 1 heterocycles. The van der Waals surface area contributed by atoms with E-state index in [-0.39, 0.29) is 6.04 Å². The molecular weight excluding hydrogens is 224 g/mol. The zero-order valence-corrected chi connectivity index (χ0v) is 10.5. The van der Waals surface area contributed by atoms with E-state index in [0.29, 0.717) is 6.61 Å². The van der Waals surface area contributed by atoms with Gasteiger partial charge >= 0.3 is 0 Å². The normalized spacial score (nSPS) is 12.1. The highest BCUT2D eigenvalue weighted by Gasteiger charge is 2.06. The molecule has 1 aromatic carbocycles. The first kappa shape index (κ1) is 12.6. The molecule has 0 saturated carbocycles. The minimum Gasteiger partial charge on any atom is -0.494 e. The van der Waals surface area contributed by atoms with E-state index in [9.17, 15) is 0 Å². The smallest absolute Gasteiger partial charge is 0.119 e. The summed E-state index contributed by atoms with van der Waals surface area (Å²) in [6, 6.07) is 12.0. The highest BCUT2D eigenvalue weighted by atomic mass is 16.5. The third-order valence-corrected chi connectivity index (χ3v) is 2.82. The van der Waals surface area contributed by atoms with Gasteiger partial charge < -0.3 is 10.5 Å². The lowest BCUT2D eigenvalue weighted by atomic mass is 10.0. The zero-order valence-electron chi connectivity index (χ0n) is 10.5. The van der Waals surface area contributed by atoms with Gasteiger partial charge in [-0.25, -0.2) is 0 Å². The van der Waals surface area contributed by atoms with Crippen LogP contribution >= 0.6 is 0 Å². The second-order valence-corrected chi connectivity index (χ2v) is 4.17. The molecule has 18 heavy (non-hydrogen) atoms. The van der Waals surface area contributed by atoms with Crippen molar-refractivity contribution in [1.29, 1.82) is 0 Å². The predicted molar refractivity (Wildman–Crippen MR) is 72.5 cm³/mol. The van der Waals surface area contributed by atoms with Crippen LogP contribution in [0.25, 0.3) is 0 Å². The van der Waals surface area contributed by atoms with Gasteiger partial charge in [0.1, 0.15) is 5.75 Å². The molecule has 0 bridgehead atoms. The van der Waals surface area contributed by atoms with Crippen molar-refractivity contribution >= 4 is 0 Å². The van der Waals surface area contributed by atoms with Gasteiger partial charge in [-0.1, -0.05) is 12.1 Å². The number of aromatic nitrogens is 1. The molecule has 0 amide bonds. The molecule has 2 aromatic rings. The first-order chi connectivity index (χ1) is 8.79. The highest BCUT2D eigenvalue weighted by Crippen LogP contribution is 2.18. The SMILES string of the molecule is CCOc1ccc(CC(N)c2ccncc2)cc1. The summed E-state index contributed by atoms with van der Waals surface area (Å²) in [5.41, 5.74) is 8.49. The van der Waals surface area contributed by atoms with E-state index >= 15 is 0 Å². The number of rotatable bonds is 5. The van der Waals surface area contributed by atoms with E-state index in [0.717, 1.165) is 17.7 Å². The van der Waals surface area contributed by atoms with Gasteiger partial charge in [0, 0.05) is 18.4 Å². The fourth-order valence-corrected chi connectivity index (χ4v) is 1.87. The molecule has 0 fully saturated rings. The number of benzene rings is 1.